The van der Waals surface area contributed by atoms with Crippen LogP contribution in [0.2, 0.25) is 0 Å². The summed E-state index contributed by atoms with van der Waals surface area (Å²) in [6, 6.07) is 13.6. The van der Waals surface area contributed by atoms with E-state index in [9.17, 15) is 5.11 Å². The second-order valence-corrected chi connectivity index (χ2v) is 4.29. The summed E-state index contributed by atoms with van der Waals surface area (Å²) in [6.07, 6.45) is 0. The largest absolute Gasteiger partial charge is 0.392 e. The molecular formula is C15H13NO2. The normalized spacial score (nSPS) is 11.0. The van der Waals surface area contributed by atoms with E-state index in [-0.39, 0.29) is 6.61 Å². The molecule has 0 saturated heterocycles. The molecule has 0 bridgehead atoms. The summed E-state index contributed by atoms with van der Waals surface area (Å²) in [4.78, 5) is 0. The SMILES string of the molecule is Cc1cccc(CO)c1-c1noc2ccccc12. The van der Waals surface area contributed by atoms with Gasteiger partial charge >= 0.3 is 0 Å². The van der Waals surface area contributed by atoms with Crippen LogP contribution in [0.1, 0.15) is 11.1 Å². The molecule has 0 aliphatic heterocycles. The third-order valence-corrected chi connectivity index (χ3v) is 3.14. The monoisotopic (exact) mass is 239 g/mol. The van der Waals surface area contributed by atoms with Crippen LogP contribution < -0.4 is 0 Å². The fourth-order valence-corrected chi connectivity index (χ4v) is 2.27. The van der Waals surface area contributed by atoms with E-state index in [1.54, 1.807) is 0 Å². The number of benzene rings is 2. The highest BCUT2D eigenvalue weighted by atomic mass is 16.5. The van der Waals surface area contributed by atoms with Gasteiger partial charge in [-0.05, 0) is 30.2 Å². The molecule has 2 aromatic carbocycles. The molecule has 3 heteroatoms. The molecule has 0 unspecified atom stereocenters. The first-order chi connectivity index (χ1) is 8.81. The van der Waals surface area contributed by atoms with Crippen LogP contribution in [0.3, 0.4) is 0 Å². The van der Waals surface area contributed by atoms with Gasteiger partial charge in [-0.2, -0.15) is 0 Å². The number of aromatic nitrogens is 1. The van der Waals surface area contributed by atoms with Crippen molar-refractivity contribution in [2.45, 2.75) is 13.5 Å². The van der Waals surface area contributed by atoms with Crippen molar-refractivity contribution in [2.24, 2.45) is 0 Å². The lowest BCUT2D eigenvalue weighted by atomic mass is 9.97. The van der Waals surface area contributed by atoms with Crippen molar-refractivity contribution >= 4 is 11.0 Å². The zero-order chi connectivity index (χ0) is 12.5. The Morgan fingerprint density at radius 2 is 1.94 bits per heavy atom. The molecule has 1 N–H and O–H groups in total. The van der Waals surface area contributed by atoms with Gasteiger partial charge in [0.2, 0.25) is 0 Å². The Bertz CT molecular complexity index is 701. The van der Waals surface area contributed by atoms with Crippen molar-refractivity contribution in [3.8, 4) is 11.3 Å². The maximum atomic E-state index is 9.46. The van der Waals surface area contributed by atoms with E-state index >= 15 is 0 Å². The van der Waals surface area contributed by atoms with Crippen LogP contribution >= 0.6 is 0 Å². The molecule has 3 aromatic rings. The highest BCUT2D eigenvalue weighted by Gasteiger charge is 2.15. The molecule has 90 valence electrons. The average Bonchev–Trinajstić information content (AvgIpc) is 2.82. The van der Waals surface area contributed by atoms with Gasteiger partial charge in [0.1, 0.15) is 5.69 Å². The molecule has 0 radical (unpaired) electrons. The molecule has 0 atom stereocenters. The zero-order valence-corrected chi connectivity index (χ0v) is 10.1. The lowest BCUT2D eigenvalue weighted by molar-refractivity contribution is 0.282. The molecule has 3 rings (SSSR count). The van der Waals surface area contributed by atoms with E-state index in [1.165, 1.54) is 0 Å². The molecule has 0 saturated carbocycles. The van der Waals surface area contributed by atoms with Gasteiger partial charge in [-0.1, -0.05) is 35.5 Å². The highest BCUT2D eigenvalue weighted by Crippen LogP contribution is 2.32. The van der Waals surface area contributed by atoms with Crippen molar-refractivity contribution in [3.63, 3.8) is 0 Å². The summed E-state index contributed by atoms with van der Waals surface area (Å²) < 4.78 is 5.33. The molecule has 3 nitrogen and oxygen atoms in total. The van der Waals surface area contributed by atoms with Crippen LogP contribution in [0.5, 0.6) is 0 Å². The van der Waals surface area contributed by atoms with Gasteiger partial charge in [-0.3, -0.25) is 0 Å². The highest BCUT2D eigenvalue weighted by molar-refractivity contribution is 5.93. The lowest BCUT2D eigenvalue weighted by Gasteiger charge is -2.08. The third kappa shape index (κ3) is 1.60. The molecule has 0 amide bonds. The molecule has 18 heavy (non-hydrogen) atoms. The summed E-state index contributed by atoms with van der Waals surface area (Å²) in [5, 5.41) is 14.6. The summed E-state index contributed by atoms with van der Waals surface area (Å²) in [5.41, 5.74) is 4.48. The predicted molar refractivity (Wildman–Crippen MR) is 70.1 cm³/mol. The number of fused-ring (bicyclic) bond motifs is 1. The minimum Gasteiger partial charge on any atom is -0.392 e. The number of para-hydroxylation sites is 1. The van der Waals surface area contributed by atoms with E-state index in [0.29, 0.717) is 0 Å². The molecule has 0 fully saturated rings. The smallest absolute Gasteiger partial charge is 0.167 e. The van der Waals surface area contributed by atoms with E-state index in [1.807, 2.05) is 49.4 Å². The summed E-state index contributed by atoms with van der Waals surface area (Å²) in [7, 11) is 0. The molecule has 0 aliphatic carbocycles. The van der Waals surface area contributed by atoms with E-state index in [4.69, 9.17) is 4.52 Å². The number of aryl methyl sites for hydroxylation is 1. The molecule has 0 aliphatic rings. The van der Waals surface area contributed by atoms with Crippen LogP contribution in [0.25, 0.3) is 22.2 Å². The minimum absolute atomic E-state index is 0.00179. The fraction of sp³-hybridized carbons (Fsp3) is 0.133. The molecule has 1 aromatic heterocycles. The number of nitrogens with zero attached hydrogens (tertiary/aromatic N) is 1. The average molecular weight is 239 g/mol. The predicted octanol–water partition coefficient (Wildman–Crippen LogP) is 3.30. The fourth-order valence-electron chi connectivity index (χ4n) is 2.27. The Morgan fingerprint density at radius 1 is 1.11 bits per heavy atom. The van der Waals surface area contributed by atoms with Crippen LogP contribution in [0, 0.1) is 6.92 Å². The van der Waals surface area contributed by atoms with Gasteiger partial charge in [-0.15, -0.1) is 0 Å². The second kappa shape index (κ2) is 4.27. The lowest BCUT2D eigenvalue weighted by Crippen LogP contribution is -1.93. The van der Waals surface area contributed by atoms with Gasteiger partial charge in [0, 0.05) is 10.9 Å². The Hall–Kier alpha value is -2.13. The first-order valence-corrected chi connectivity index (χ1v) is 5.85. The number of rotatable bonds is 2. The maximum absolute atomic E-state index is 9.46. The van der Waals surface area contributed by atoms with Gasteiger partial charge in [-0.25, -0.2) is 0 Å². The van der Waals surface area contributed by atoms with Gasteiger partial charge < -0.3 is 9.63 Å². The number of hydrogen-bond acceptors (Lipinski definition) is 3. The van der Waals surface area contributed by atoms with E-state index < -0.39 is 0 Å². The molecule has 0 spiro atoms. The van der Waals surface area contributed by atoms with Gasteiger partial charge in [0.05, 0.1) is 6.61 Å². The Kier molecular flexibility index (Phi) is 2.61. The second-order valence-electron chi connectivity index (χ2n) is 4.29. The number of hydrogen-bond donors (Lipinski definition) is 1. The summed E-state index contributed by atoms with van der Waals surface area (Å²) in [6.45, 7) is 2.01. The van der Waals surface area contributed by atoms with Crippen molar-refractivity contribution in [3.05, 3.63) is 53.6 Å². The standard InChI is InChI=1S/C15H13NO2/c1-10-5-4-6-11(9-17)14(10)15-12-7-2-3-8-13(12)18-16-15/h2-8,17H,9H2,1H3. The van der Waals surface area contributed by atoms with Crippen molar-refractivity contribution in [1.82, 2.24) is 5.16 Å². The number of aliphatic hydroxyl groups excluding tert-OH is 1. The molecular weight excluding hydrogens is 226 g/mol. The van der Waals surface area contributed by atoms with Crippen molar-refractivity contribution in [2.75, 3.05) is 0 Å². The molecule has 1 heterocycles. The van der Waals surface area contributed by atoms with Crippen LogP contribution in [0.4, 0.5) is 0 Å². The topological polar surface area (TPSA) is 46.3 Å². The first kappa shape index (κ1) is 11.0. The first-order valence-electron chi connectivity index (χ1n) is 5.85. The Balaban J connectivity index is 2.33. The van der Waals surface area contributed by atoms with Crippen LogP contribution in [-0.4, -0.2) is 10.3 Å². The minimum atomic E-state index is -0.00179. The maximum Gasteiger partial charge on any atom is 0.167 e. The van der Waals surface area contributed by atoms with E-state index in [0.717, 1.165) is 33.4 Å². The van der Waals surface area contributed by atoms with Gasteiger partial charge in [0.25, 0.3) is 0 Å². The zero-order valence-electron chi connectivity index (χ0n) is 10.1. The third-order valence-electron chi connectivity index (χ3n) is 3.14. The van der Waals surface area contributed by atoms with E-state index in [2.05, 4.69) is 5.16 Å². The quantitative estimate of drug-likeness (QED) is 0.746. The van der Waals surface area contributed by atoms with Crippen molar-refractivity contribution in [1.29, 1.82) is 0 Å². The van der Waals surface area contributed by atoms with Crippen LogP contribution in [-0.2, 0) is 6.61 Å². The van der Waals surface area contributed by atoms with Crippen LogP contribution in [0.15, 0.2) is 47.0 Å². The van der Waals surface area contributed by atoms with Gasteiger partial charge in [0.15, 0.2) is 5.58 Å². The summed E-state index contributed by atoms with van der Waals surface area (Å²) in [5.74, 6) is 0. The summed E-state index contributed by atoms with van der Waals surface area (Å²) >= 11 is 0. The van der Waals surface area contributed by atoms with Crippen molar-refractivity contribution < 1.29 is 9.63 Å². The Morgan fingerprint density at radius 3 is 2.78 bits per heavy atom. The Labute approximate surface area is 105 Å². The number of aliphatic hydroxyl groups is 1.